The molecule has 0 N–H and O–H groups in total. The summed E-state index contributed by atoms with van der Waals surface area (Å²) in [7, 11) is 1.38. The van der Waals surface area contributed by atoms with E-state index >= 15 is 0 Å². The molecule has 0 saturated carbocycles. The molecule has 0 atom stereocenters. The van der Waals surface area contributed by atoms with Gasteiger partial charge in [0.05, 0.1) is 23.7 Å². The average molecular weight is 338 g/mol. The second kappa shape index (κ2) is 6.17. The zero-order chi connectivity index (χ0) is 14.7. The number of rotatable bonds is 4. The van der Waals surface area contributed by atoms with Crippen molar-refractivity contribution in [2.75, 3.05) is 7.11 Å². The number of hydrogen-bond acceptors (Lipinski definition) is 4. The summed E-state index contributed by atoms with van der Waals surface area (Å²) in [5.74, 6) is 1.39. The van der Waals surface area contributed by atoms with E-state index in [0.29, 0.717) is 10.9 Å². The van der Waals surface area contributed by atoms with Crippen molar-refractivity contribution < 1.29 is 9.53 Å². The summed E-state index contributed by atoms with van der Waals surface area (Å²) in [6.45, 7) is 4.08. The van der Waals surface area contributed by atoms with Crippen LogP contribution < -0.4 is 0 Å². The third kappa shape index (κ3) is 2.60. The highest BCUT2D eigenvalue weighted by molar-refractivity contribution is 9.08. The van der Waals surface area contributed by atoms with E-state index in [1.807, 2.05) is 36.6 Å². The van der Waals surface area contributed by atoms with Crippen molar-refractivity contribution in [3.05, 3.63) is 41.5 Å². The highest BCUT2D eigenvalue weighted by Crippen LogP contribution is 2.24. The molecule has 0 bridgehead atoms. The van der Waals surface area contributed by atoms with Gasteiger partial charge in [0.25, 0.3) is 0 Å². The molecule has 2 rings (SSSR count). The molecule has 0 aliphatic carbocycles. The zero-order valence-corrected chi connectivity index (χ0v) is 13.2. The number of para-hydroxylation sites is 1. The van der Waals surface area contributed by atoms with Gasteiger partial charge in [-0.25, -0.2) is 4.79 Å². The molecule has 0 spiro atoms. The van der Waals surface area contributed by atoms with Gasteiger partial charge in [-0.15, -0.1) is 10.2 Å². The minimum Gasteiger partial charge on any atom is -0.465 e. The van der Waals surface area contributed by atoms with Crippen LogP contribution >= 0.6 is 15.9 Å². The number of benzene rings is 1. The Labute approximate surface area is 126 Å². The summed E-state index contributed by atoms with van der Waals surface area (Å²) < 4.78 is 6.75. The number of carbonyl (C=O) groups is 1. The fraction of sp³-hybridized carbons (Fsp3) is 0.357. The maximum absolute atomic E-state index is 11.9. The lowest BCUT2D eigenvalue weighted by atomic mass is 10.1. The van der Waals surface area contributed by atoms with Gasteiger partial charge in [-0.3, -0.25) is 4.57 Å². The van der Waals surface area contributed by atoms with Crippen molar-refractivity contribution in [2.45, 2.75) is 25.1 Å². The van der Waals surface area contributed by atoms with Gasteiger partial charge >= 0.3 is 5.97 Å². The number of esters is 1. The Morgan fingerprint density at radius 1 is 1.35 bits per heavy atom. The summed E-state index contributed by atoms with van der Waals surface area (Å²) in [5, 5.41) is 8.95. The Hall–Kier alpha value is -1.69. The van der Waals surface area contributed by atoms with Crippen molar-refractivity contribution in [1.29, 1.82) is 0 Å². The molecule has 5 nitrogen and oxygen atoms in total. The molecule has 0 amide bonds. The van der Waals surface area contributed by atoms with E-state index in [-0.39, 0.29) is 11.9 Å². The molecule has 0 fully saturated rings. The fourth-order valence-corrected chi connectivity index (χ4v) is 2.37. The average Bonchev–Trinajstić information content (AvgIpc) is 2.90. The first kappa shape index (κ1) is 14.7. The van der Waals surface area contributed by atoms with E-state index in [4.69, 9.17) is 4.74 Å². The fourth-order valence-electron chi connectivity index (χ4n) is 2.00. The molecule has 106 valence electrons. The number of aromatic nitrogens is 3. The molecule has 20 heavy (non-hydrogen) atoms. The Balaban J connectivity index is 2.68. The van der Waals surface area contributed by atoms with Crippen LogP contribution in [0.25, 0.3) is 5.69 Å². The predicted molar refractivity (Wildman–Crippen MR) is 79.4 cm³/mol. The predicted octanol–water partition coefficient (Wildman–Crippen LogP) is 3.07. The van der Waals surface area contributed by atoms with Gasteiger partial charge in [0, 0.05) is 5.92 Å². The highest BCUT2D eigenvalue weighted by Gasteiger charge is 2.20. The molecule has 1 aromatic heterocycles. The molecule has 1 heterocycles. The SMILES string of the molecule is COC(=O)c1ccccc1-n1c(CBr)nnc1C(C)C. The van der Waals surface area contributed by atoms with Crippen LogP contribution in [0, 0.1) is 0 Å². The molecule has 0 saturated heterocycles. The molecule has 0 aliphatic rings. The standard InChI is InChI=1S/C14H16BrN3O2/c1-9(2)13-17-16-12(8-15)18(13)11-7-5-4-6-10(11)14(19)20-3/h4-7,9H,8H2,1-3H3. The molecule has 2 aromatic rings. The van der Waals surface area contributed by atoms with Crippen molar-refractivity contribution >= 4 is 21.9 Å². The highest BCUT2D eigenvalue weighted by atomic mass is 79.9. The van der Waals surface area contributed by atoms with Crippen molar-refractivity contribution in [3.8, 4) is 5.69 Å². The summed E-state index contributed by atoms with van der Waals surface area (Å²) in [4.78, 5) is 11.9. The summed E-state index contributed by atoms with van der Waals surface area (Å²) in [5.41, 5.74) is 1.24. The van der Waals surface area contributed by atoms with E-state index in [1.165, 1.54) is 7.11 Å². The van der Waals surface area contributed by atoms with Crippen molar-refractivity contribution in [1.82, 2.24) is 14.8 Å². The Kier molecular flexibility index (Phi) is 4.54. The van der Waals surface area contributed by atoms with Gasteiger partial charge in [-0.2, -0.15) is 0 Å². The van der Waals surface area contributed by atoms with E-state index in [0.717, 1.165) is 17.3 Å². The Morgan fingerprint density at radius 2 is 2.05 bits per heavy atom. The maximum atomic E-state index is 11.9. The minimum absolute atomic E-state index is 0.195. The second-order valence-corrected chi connectivity index (χ2v) is 5.17. The van der Waals surface area contributed by atoms with Crippen LogP contribution in [0.1, 0.15) is 41.8 Å². The van der Waals surface area contributed by atoms with Gasteiger partial charge in [-0.1, -0.05) is 41.9 Å². The quantitative estimate of drug-likeness (QED) is 0.635. The van der Waals surface area contributed by atoms with E-state index in [2.05, 4.69) is 26.1 Å². The van der Waals surface area contributed by atoms with Gasteiger partial charge in [0.1, 0.15) is 11.6 Å². The molecular formula is C14H16BrN3O2. The molecule has 1 aromatic carbocycles. The summed E-state index contributed by atoms with van der Waals surface area (Å²) in [6, 6.07) is 7.30. The van der Waals surface area contributed by atoms with E-state index < -0.39 is 0 Å². The zero-order valence-electron chi connectivity index (χ0n) is 11.6. The molecule has 6 heteroatoms. The van der Waals surface area contributed by atoms with Crippen LogP contribution in [0.5, 0.6) is 0 Å². The van der Waals surface area contributed by atoms with Crippen LogP contribution in [0.4, 0.5) is 0 Å². The third-order valence-electron chi connectivity index (χ3n) is 2.94. The lowest BCUT2D eigenvalue weighted by Gasteiger charge is -2.14. The first-order valence-electron chi connectivity index (χ1n) is 6.28. The van der Waals surface area contributed by atoms with Gasteiger partial charge < -0.3 is 4.74 Å². The summed E-state index contributed by atoms with van der Waals surface area (Å²) in [6.07, 6.45) is 0. The molecule has 0 unspecified atom stereocenters. The maximum Gasteiger partial charge on any atom is 0.339 e. The van der Waals surface area contributed by atoms with Crippen LogP contribution in [0.3, 0.4) is 0 Å². The normalized spacial score (nSPS) is 10.8. The monoisotopic (exact) mass is 337 g/mol. The number of methoxy groups -OCH3 is 1. The molecular weight excluding hydrogens is 322 g/mol. The number of carbonyl (C=O) groups excluding carboxylic acids is 1. The minimum atomic E-state index is -0.371. The van der Waals surface area contributed by atoms with Gasteiger partial charge in [0.15, 0.2) is 0 Å². The van der Waals surface area contributed by atoms with Crippen LogP contribution in [-0.2, 0) is 10.1 Å². The van der Waals surface area contributed by atoms with Crippen LogP contribution in [0.15, 0.2) is 24.3 Å². The summed E-state index contributed by atoms with van der Waals surface area (Å²) >= 11 is 3.41. The Bertz CT molecular complexity index is 623. The second-order valence-electron chi connectivity index (χ2n) is 4.61. The Morgan fingerprint density at radius 3 is 2.65 bits per heavy atom. The first-order chi connectivity index (χ1) is 9.60. The van der Waals surface area contributed by atoms with Crippen LogP contribution in [0.2, 0.25) is 0 Å². The smallest absolute Gasteiger partial charge is 0.339 e. The van der Waals surface area contributed by atoms with Crippen molar-refractivity contribution in [2.24, 2.45) is 0 Å². The first-order valence-corrected chi connectivity index (χ1v) is 7.40. The van der Waals surface area contributed by atoms with Gasteiger partial charge in [0.2, 0.25) is 0 Å². The number of nitrogens with zero attached hydrogens (tertiary/aromatic N) is 3. The van der Waals surface area contributed by atoms with Gasteiger partial charge in [-0.05, 0) is 12.1 Å². The molecule has 0 radical (unpaired) electrons. The number of halogens is 1. The topological polar surface area (TPSA) is 57.0 Å². The lowest BCUT2D eigenvalue weighted by Crippen LogP contribution is -2.12. The van der Waals surface area contributed by atoms with Crippen LogP contribution in [-0.4, -0.2) is 27.8 Å². The third-order valence-corrected chi connectivity index (χ3v) is 3.44. The van der Waals surface area contributed by atoms with E-state index in [1.54, 1.807) is 6.07 Å². The lowest BCUT2D eigenvalue weighted by molar-refractivity contribution is 0.0600. The van der Waals surface area contributed by atoms with Crippen molar-refractivity contribution in [3.63, 3.8) is 0 Å². The number of ether oxygens (including phenoxy) is 1. The number of hydrogen-bond donors (Lipinski definition) is 0. The van der Waals surface area contributed by atoms with E-state index in [9.17, 15) is 4.79 Å². The molecule has 0 aliphatic heterocycles. The largest absolute Gasteiger partial charge is 0.465 e. The number of alkyl halides is 1.